The quantitative estimate of drug-likeness (QED) is 0.652. The fraction of sp³-hybridized carbons (Fsp3) is 0.381. The van der Waals surface area contributed by atoms with Gasteiger partial charge in [0, 0.05) is 18.8 Å². The summed E-state index contributed by atoms with van der Waals surface area (Å²) in [6.45, 7) is 3.97. The van der Waals surface area contributed by atoms with Crippen molar-refractivity contribution in [2.75, 3.05) is 44.8 Å². The van der Waals surface area contributed by atoms with Gasteiger partial charge in [0.25, 0.3) is 5.91 Å². The third kappa shape index (κ3) is 5.94. The van der Waals surface area contributed by atoms with E-state index in [0.29, 0.717) is 44.3 Å². The second-order valence-corrected chi connectivity index (χ2v) is 8.64. The number of benzene rings is 2. The average Bonchev–Trinajstić information content (AvgIpc) is 2.78. The van der Waals surface area contributed by atoms with Gasteiger partial charge in [-0.15, -0.1) is 0 Å². The molecule has 0 aromatic heterocycles. The first-order valence-corrected chi connectivity index (χ1v) is 11.3. The van der Waals surface area contributed by atoms with Gasteiger partial charge in [-0.25, -0.2) is 8.42 Å². The molecule has 30 heavy (non-hydrogen) atoms. The zero-order chi connectivity index (χ0) is 21.4. The highest BCUT2D eigenvalue weighted by atomic mass is 32.2. The molecule has 0 aliphatic carbocycles. The van der Waals surface area contributed by atoms with Crippen LogP contribution in [0.5, 0.6) is 11.5 Å². The van der Waals surface area contributed by atoms with Crippen molar-refractivity contribution >= 4 is 21.6 Å². The lowest BCUT2D eigenvalue weighted by Gasteiger charge is -2.26. The second-order valence-electron chi connectivity index (χ2n) is 6.70. The molecule has 162 valence electrons. The Kier molecular flexibility index (Phi) is 7.67. The van der Waals surface area contributed by atoms with Crippen LogP contribution < -0.4 is 14.8 Å². The second kappa shape index (κ2) is 10.4. The molecule has 1 saturated heterocycles. The third-order valence-electron chi connectivity index (χ3n) is 4.41. The van der Waals surface area contributed by atoms with Gasteiger partial charge in [-0.05, 0) is 55.0 Å². The number of carbonyl (C=O) groups excluding carboxylic acids is 1. The van der Waals surface area contributed by atoms with Gasteiger partial charge in [-0.3, -0.25) is 4.79 Å². The van der Waals surface area contributed by atoms with Crippen LogP contribution in [0.1, 0.15) is 13.3 Å². The van der Waals surface area contributed by atoms with E-state index < -0.39 is 10.0 Å². The number of amides is 1. The lowest BCUT2D eigenvalue weighted by molar-refractivity contribution is -0.118. The van der Waals surface area contributed by atoms with Crippen molar-refractivity contribution in [2.24, 2.45) is 0 Å². The van der Waals surface area contributed by atoms with Crippen LogP contribution in [-0.2, 0) is 19.6 Å². The van der Waals surface area contributed by atoms with Gasteiger partial charge in [-0.2, -0.15) is 4.31 Å². The summed E-state index contributed by atoms with van der Waals surface area (Å²) in [5, 5.41) is 2.69. The van der Waals surface area contributed by atoms with Gasteiger partial charge in [0.1, 0.15) is 11.5 Å². The monoisotopic (exact) mass is 434 g/mol. The molecule has 1 amide bonds. The van der Waals surface area contributed by atoms with Crippen molar-refractivity contribution in [3.8, 4) is 11.5 Å². The van der Waals surface area contributed by atoms with Crippen LogP contribution in [0.2, 0.25) is 0 Å². The minimum absolute atomic E-state index is 0.164. The highest BCUT2D eigenvalue weighted by Gasteiger charge is 2.26. The summed E-state index contributed by atoms with van der Waals surface area (Å²) in [7, 11) is -3.56. The molecule has 2 aromatic carbocycles. The first-order valence-electron chi connectivity index (χ1n) is 9.82. The molecule has 0 atom stereocenters. The van der Waals surface area contributed by atoms with Crippen LogP contribution in [0.15, 0.2) is 53.4 Å². The molecule has 2 aromatic rings. The number of hydrogen-bond acceptors (Lipinski definition) is 6. The summed E-state index contributed by atoms with van der Waals surface area (Å²) in [6.07, 6.45) is 0.929. The van der Waals surface area contributed by atoms with E-state index in [2.05, 4.69) is 5.32 Å². The zero-order valence-electron chi connectivity index (χ0n) is 16.9. The average molecular weight is 435 g/mol. The Bertz CT molecular complexity index is 923. The van der Waals surface area contributed by atoms with Gasteiger partial charge in [0.2, 0.25) is 10.0 Å². The van der Waals surface area contributed by atoms with Crippen molar-refractivity contribution in [3.05, 3.63) is 48.5 Å². The molecule has 1 heterocycles. The van der Waals surface area contributed by atoms with Crippen LogP contribution in [0, 0.1) is 0 Å². The summed E-state index contributed by atoms with van der Waals surface area (Å²) >= 11 is 0. The van der Waals surface area contributed by atoms with Crippen molar-refractivity contribution in [2.45, 2.75) is 18.2 Å². The largest absolute Gasteiger partial charge is 0.494 e. The van der Waals surface area contributed by atoms with E-state index in [-0.39, 0.29) is 17.4 Å². The Hall–Kier alpha value is -2.62. The highest BCUT2D eigenvalue weighted by molar-refractivity contribution is 7.89. The van der Waals surface area contributed by atoms with E-state index in [0.717, 1.165) is 12.2 Å². The summed E-state index contributed by atoms with van der Waals surface area (Å²) in [6, 6.07) is 13.1. The molecule has 1 aliphatic heterocycles. The van der Waals surface area contributed by atoms with Crippen molar-refractivity contribution in [1.82, 2.24) is 4.31 Å². The maximum atomic E-state index is 12.6. The predicted molar refractivity (Wildman–Crippen MR) is 112 cm³/mol. The Morgan fingerprint density at radius 3 is 2.20 bits per heavy atom. The minimum atomic E-state index is -3.56. The number of anilines is 1. The van der Waals surface area contributed by atoms with E-state index in [1.807, 2.05) is 6.92 Å². The standard InChI is InChI=1S/C21H26N2O6S/c1-2-13-28-18-5-7-19(8-6-18)29-16-21(24)22-17-3-9-20(10-4-17)30(25,26)23-11-14-27-15-12-23/h3-10H,2,11-16H2,1H3,(H,22,24). The Morgan fingerprint density at radius 2 is 1.60 bits per heavy atom. The molecule has 1 N–H and O–H groups in total. The number of rotatable bonds is 9. The summed E-state index contributed by atoms with van der Waals surface area (Å²) in [5.41, 5.74) is 0.493. The van der Waals surface area contributed by atoms with Crippen LogP contribution in [0.3, 0.4) is 0 Å². The van der Waals surface area contributed by atoms with Gasteiger partial charge >= 0.3 is 0 Å². The molecular formula is C21H26N2O6S. The zero-order valence-corrected chi connectivity index (χ0v) is 17.7. The summed E-state index contributed by atoms with van der Waals surface area (Å²) < 4.78 is 42.8. The molecule has 0 saturated carbocycles. The van der Waals surface area contributed by atoms with Gasteiger partial charge < -0.3 is 19.5 Å². The lowest BCUT2D eigenvalue weighted by atomic mass is 10.3. The molecule has 0 unspecified atom stereocenters. The summed E-state index contributed by atoms with van der Waals surface area (Å²) in [4.78, 5) is 12.3. The van der Waals surface area contributed by atoms with E-state index in [9.17, 15) is 13.2 Å². The maximum absolute atomic E-state index is 12.6. The minimum Gasteiger partial charge on any atom is -0.494 e. The Morgan fingerprint density at radius 1 is 1.00 bits per heavy atom. The van der Waals surface area contributed by atoms with Crippen LogP contribution in [-0.4, -0.2) is 58.1 Å². The number of ether oxygens (including phenoxy) is 3. The Labute approximate surface area is 176 Å². The number of morpholine rings is 1. The van der Waals surface area contributed by atoms with Crippen molar-refractivity contribution in [3.63, 3.8) is 0 Å². The van der Waals surface area contributed by atoms with E-state index in [1.54, 1.807) is 36.4 Å². The van der Waals surface area contributed by atoms with Gasteiger partial charge in [0.15, 0.2) is 6.61 Å². The van der Waals surface area contributed by atoms with Crippen molar-refractivity contribution in [1.29, 1.82) is 0 Å². The van der Waals surface area contributed by atoms with Crippen molar-refractivity contribution < 1.29 is 27.4 Å². The third-order valence-corrected chi connectivity index (χ3v) is 6.33. The normalized spacial score (nSPS) is 14.8. The fourth-order valence-electron chi connectivity index (χ4n) is 2.84. The Balaban J connectivity index is 1.50. The number of nitrogens with one attached hydrogen (secondary N) is 1. The topological polar surface area (TPSA) is 94.2 Å². The lowest BCUT2D eigenvalue weighted by Crippen LogP contribution is -2.40. The molecular weight excluding hydrogens is 408 g/mol. The SMILES string of the molecule is CCCOc1ccc(OCC(=O)Nc2ccc(S(=O)(=O)N3CCOCC3)cc2)cc1. The smallest absolute Gasteiger partial charge is 0.262 e. The molecule has 3 rings (SSSR count). The molecule has 9 heteroatoms. The molecule has 0 radical (unpaired) electrons. The number of sulfonamides is 1. The molecule has 1 fully saturated rings. The highest BCUT2D eigenvalue weighted by Crippen LogP contribution is 2.20. The number of carbonyl (C=O) groups is 1. The fourth-order valence-corrected chi connectivity index (χ4v) is 4.25. The van der Waals surface area contributed by atoms with E-state index >= 15 is 0 Å². The first-order chi connectivity index (χ1) is 14.5. The summed E-state index contributed by atoms with van der Waals surface area (Å²) in [5.74, 6) is 0.965. The van der Waals surface area contributed by atoms with Crippen LogP contribution in [0.4, 0.5) is 5.69 Å². The maximum Gasteiger partial charge on any atom is 0.262 e. The van der Waals surface area contributed by atoms with Gasteiger partial charge in [-0.1, -0.05) is 6.92 Å². The molecule has 0 bridgehead atoms. The van der Waals surface area contributed by atoms with E-state index in [4.69, 9.17) is 14.2 Å². The van der Waals surface area contributed by atoms with E-state index in [1.165, 1.54) is 16.4 Å². The number of nitrogens with zero attached hydrogens (tertiary/aromatic N) is 1. The molecule has 0 spiro atoms. The first kappa shape index (κ1) is 22.1. The van der Waals surface area contributed by atoms with Gasteiger partial charge in [0.05, 0.1) is 24.7 Å². The van der Waals surface area contributed by atoms with Crippen LogP contribution in [0.25, 0.3) is 0 Å². The number of hydrogen-bond donors (Lipinski definition) is 1. The molecule has 8 nitrogen and oxygen atoms in total. The predicted octanol–water partition coefficient (Wildman–Crippen LogP) is 2.51. The van der Waals surface area contributed by atoms with Crippen LogP contribution >= 0.6 is 0 Å². The molecule has 1 aliphatic rings.